The molecule has 1 aliphatic rings. The van der Waals surface area contributed by atoms with Gasteiger partial charge in [0.2, 0.25) is 0 Å². The van der Waals surface area contributed by atoms with E-state index in [1.807, 2.05) is 0 Å². The minimum atomic E-state index is -1.23. The largest absolute Gasteiger partial charge is 0.321 e. The Morgan fingerprint density at radius 2 is 1.78 bits per heavy atom. The molecule has 2 N–H and O–H groups in total. The summed E-state index contributed by atoms with van der Waals surface area (Å²) in [5.41, 5.74) is -0.113. The van der Waals surface area contributed by atoms with Gasteiger partial charge in [0.15, 0.2) is 11.6 Å². The number of carbonyl (C=O) groups is 3. The third kappa shape index (κ3) is 2.55. The molecule has 0 radical (unpaired) electrons. The SMILES string of the molecule is O=C(Nc1cccc2c1C(=O)NC2=O)c1cc(F)c(F)cc1Cl. The van der Waals surface area contributed by atoms with Crippen LogP contribution < -0.4 is 10.6 Å². The molecule has 116 valence electrons. The number of hydrogen-bond acceptors (Lipinski definition) is 3. The second-order valence-electron chi connectivity index (χ2n) is 4.71. The van der Waals surface area contributed by atoms with Crippen molar-refractivity contribution in [2.24, 2.45) is 0 Å². The van der Waals surface area contributed by atoms with E-state index in [1.54, 1.807) is 0 Å². The molecule has 0 bridgehead atoms. The Morgan fingerprint density at radius 3 is 2.52 bits per heavy atom. The molecule has 0 atom stereocenters. The van der Waals surface area contributed by atoms with E-state index in [4.69, 9.17) is 11.6 Å². The molecule has 3 rings (SSSR count). The number of amides is 3. The number of imide groups is 1. The Kier molecular flexibility index (Phi) is 3.57. The fourth-order valence-corrected chi connectivity index (χ4v) is 2.45. The maximum atomic E-state index is 13.3. The number of fused-ring (bicyclic) bond motifs is 1. The quantitative estimate of drug-likeness (QED) is 0.654. The summed E-state index contributed by atoms with van der Waals surface area (Å²) in [7, 11) is 0. The van der Waals surface area contributed by atoms with Crippen LogP contribution in [-0.2, 0) is 0 Å². The Morgan fingerprint density at radius 1 is 1.09 bits per heavy atom. The maximum absolute atomic E-state index is 13.3. The summed E-state index contributed by atoms with van der Waals surface area (Å²) in [5, 5.41) is 4.19. The van der Waals surface area contributed by atoms with Crippen LogP contribution in [0.4, 0.5) is 14.5 Å². The van der Waals surface area contributed by atoms with E-state index in [-0.39, 0.29) is 27.4 Å². The number of benzene rings is 2. The lowest BCUT2D eigenvalue weighted by atomic mass is 10.1. The van der Waals surface area contributed by atoms with E-state index in [9.17, 15) is 23.2 Å². The first-order valence-electron chi connectivity index (χ1n) is 6.33. The number of halogens is 3. The van der Waals surface area contributed by atoms with Gasteiger partial charge in [-0.2, -0.15) is 0 Å². The van der Waals surface area contributed by atoms with Gasteiger partial charge in [0.1, 0.15) is 0 Å². The van der Waals surface area contributed by atoms with E-state index >= 15 is 0 Å². The third-order valence-electron chi connectivity index (χ3n) is 3.27. The van der Waals surface area contributed by atoms with Gasteiger partial charge in [-0.25, -0.2) is 8.78 Å². The number of carbonyl (C=O) groups excluding carboxylic acids is 3. The topological polar surface area (TPSA) is 75.3 Å². The third-order valence-corrected chi connectivity index (χ3v) is 3.58. The molecule has 2 aromatic carbocycles. The molecular weight excluding hydrogens is 330 g/mol. The van der Waals surface area contributed by atoms with Crippen LogP contribution in [0.2, 0.25) is 5.02 Å². The van der Waals surface area contributed by atoms with Crippen LogP contribution in [0.15, 0.2) is 30.3 Å². The molecule has 0 unspecified atom stereocenters. The van der Waals surface area contributed by atoms with Gasteiger partial charge in [0.05, 0.1) is 27.4 Å². The summed E-state index contributed by atoms with van der Waals surface area (Å²) in [4.78, 5) is 35.5. The van der Waals surface area contributed by atoms with Crippen LogP contribution in [0.3, 0.4) is 0 Å². The van der Waals surface area contributed by atoms with Crippen molar-refractivity contribution in [2.75, 3.05) is 5.32 Å². The summed E-state index contributed by atoms with van der Waals surface area (Å²) in [6.45, 7) is 0. The van der Waals surface area contributed by atoms with Gasteiger partial charge in [-0.15, -0.1) is 0 Å². The first-order valence-corrected chi connectivity index (χ1v) is 6.71. The molecule has 8 heteroatoms. The maximum Gasteiger partial charge on any atom is 0.261 e. The highest BCUT2D eigenvalue weighted by Gasteiger charge is 2.30. The molecule has 0 saturated heterocycles. The number of hydrogen-bond donors (Lipinski definition) is 2. The highest BCUT2D eigenvalue weighted by molar-refractivity contribution is 6.34. The summed E-state index contributed by atoms with van der Waals surface area (Å²) < 4.78 is 26.3. The zero-order valence-electron chi connectivity index (χ0n) is 11.2. The normalized spacial score (nSPS) is 12.8. The molecule has 0 saturated carbocycles. The van der Waals surface area contributed by atoms with Crippen LogP contribution in [-0.4, -0.2) is 17.7 Å². The number of nitrogens with one attached hydrogen (secondary N) is 2. The van der Waals surface area contributed by atoms with Crippen molar-refractivity contribution in [3.63, 3.8) is 0 Å². The molecule has 5 nitrogen and oxygen atoms in total. The molecule has 1 heterocycles. The van der Waals surface area contributed by atoms with Gasteiger partial charge in [-0.1, -0.05) is 17.7 Å². The lowest BCUT2D eigenvalue weighted by Gasteiger charge is -2.09. The predicted molar refractivity (Wildman–Crippen MR) is 77.6 cm³/mol. The van der Waals surface area contributed by atoms with E-state index in [0.29, 0.717) is 12.1 Å². The summed E-state index contributed by atoms with van der Waals surface area (Å²) in [5.74, 6) is -4.48. The van der Waals surface area contributed by atoms with Gasteiger partial charge in [-0.3, -0.25) is 19.7 Å². The van der Waals surface area contributed by atoms with Crippen molar-refractivity contribution in [1.82, 2.24) is 5.32 Å². The monoisotopic (exact) mass is 336 g/mol. The average Bonchev–Trinajstić information content (AvgIpc) is 2.79. The van der Waals surface area contributed by atoms with Crippen molar-refractivity contribution in [2.45, 2.75) is 0 Å². The molecule has 0 fully saturated rings. The standard InChI is InChI=1S/C15H7ClF2N2O3/c16-8-5-10(18)9(17)4-7(8)14(22)19-11-3-1-2-6-12(11)15(23)20-13(6)21/h1-5H,(H,19,22)(H,20,21,23). The summed E-state index contributed by atoms with van der Waals surface area (Å²) >= 11 is 5.73. The lowest BCUT2D eigenvalue weighted by molar-refractivity contribution is 0.0879. The van der Waals surface area contributed by atoms with Gasteiger partial charge in [0, 0.05) is 0 Å². The molecule has 0 spiro atoms. The minimum absolute atomic E-state index is 0.00422. The molecule has 0 aliphatic carbocycles. The smallest absolute Gasteiger partial charge is 0.261 e. The van der Waals surface area contributed by atoms with Crippen molar-refractivity contribution in [1.29, 1.82) is 0 Å². The van der Waals surface area contributed by atoms with Crippen LogP contribution in [0, 0.1) is 11.6 Å². The van der Waals surface area contributed by atoms with Crippen LogP contribution in [0.5, 0.6) is 0 Å². The lowest BCUT2D eigenvalue weighted by Crippen LogP contribution is -2.21. The molecule has 0 aromatic heterocycles. The van der Waals surface area contributed by atoms with Gasteiger partial charge in [0.25, 0.3) is 17.7 Å². The van der Waals surface area contributed by atoms with Gasteiger partial charge < -0.3 is 5.32 Å². The van der Waals surface area contributed by atoms with Crippen molar-refractivity contribution in [3.8, 4) is 0 Å². The Hall–Kier alpha value is -2.80. The highest BCUT2D eigenvalue weighted by Crippen LogP contribution is 2.26. The Labute approximate surface area is 133 Å². The van der Waals surface area contributed by atoms with E-state index < -0.39 is 29.4 Å². The van der Waals surface area contributed by atoms with Gasteiger partial charge >= 0.3 is 0 Å². The summed E-state index contributed by atoms with van der Waals surface area (Å²) in [6.07, 6.45) is 0. The van der Waals surface area contributed by atoms with Crippen LogP contribution >= 0.6 is 11.6 Å². The minimum Gasteiger partial charge on any atom is -0.321 e. The van der Waals surface area contributed by atoms with E-state index in [1.165, 1.54) is 18.2 Å². The molecule has 1 aliphatic heterocycles. The average molecular weight is 337 g/mol. The van der Waals surface area contributed by atoms with Crippen molar-refractivity contribution >= 4 is 35.0 Å². The van der Waals surface area contributed by atoms with E-state index in [0.717, 1.165) is 0 Å². The van der Waals surface area contributed by atoms with Crippen LogP contribution in [0.1, 0.15) is 31.1 Å². The highest BCUT2D eigenvalue weighted by atomic mass is 35.5. The zero-order chi connectivity index (χ0) is 16.7. The second kappa shape index (κ2) is 5.44. The second-order valence-corrected chi connectivity index (χ2v) is 5.12. The van der Waals surface area contributed by atoms with Crippen molar-refractivity contribution in [3.05, 3.63) is 63.7 Å². The fourth-order valence-electron chi connectivity index (χ4n) is 2.21. The van der Waals surface area contributed by atoms with Gasteiger partial charge in [-0.05, 0) is 24.3 Å². The molecule has 2 aromatic rings. The van der Waals surface area contributed by atoms with E-state index in [2.05, 4.69) is 10.6 Å². The fraction of sp³-hybridized carbons (Fsp3) is 0. The Balaban J connectivity index is 1.98. The first kappa shape index (κ1) is 15.1. The number of anilines is 1. The molecule has 23 heavy (non-hydrogen) atoms. The molecule has 3 amide bonds. The Bertz CT molecular complexity index is 883. The predicted octanol–water partition coefficient (Wildman–Crippen LogP) is 2.75. The first-order chi connectivity index (χ1) is 10.9. The van der Waals surface area contributed by atoms with Crippen molar-refractivity contribution < 1.29 is 23.2 Å². The summed E-state index contributed by atoms with van der Waals surface area (Å²) in [6, 6.07) is 5.64. The zero-order valence-corrected chi connectivity index (χ0v) is 12.0. The molecular formula is C15H7ClF2N2O3. The number of rotatable bonds is 2. The van der Waals surface area contributed by atoms with Crippen LogP contribution in [0.25, 0.3) is 0 Å².